The zero-order chi connectivity index (χ0) is 42.3. The van der Waals surface area contributed by atoms with Crippen molar-refractivity contribution >= 4 is 36.3 Å². The first-order valence-corrected chi connectivity index (χ1v) is 18.1. The average Bonchev–Trinajstić information content (AvgIpc) is 3.01. The first-order valence-electron chi connectivity index (χ1n) is 18.1. The van der Waals surface area contributed by atoms with Gasteiger partial charge in [0.15, 0.2) is 0 Å². The fourth-order valence-corrected chi connectivity index (χ4v) is 4.25. The number of hydrogen-bond donors (Lipinski definition) is 5. The molecule has 2 rings (SSSR count). The summed E-state index contributed by atoms with van der Waals surface area (Å²) >= 11 is 0. The fraction of sp³-hybridized carbons (Fsp3) is 0.538. The number of carbonyl (C=O) groups is 4. The minimum Gasteiger partial charge on any atom is -0.492 e. The molecular weight excluding hydrogens is 726 g/mol. The van der Waals surface area contributed by atoms with Crippen molar-refractivity contribution in [3.63, 3.8) is 0 Å². The summed E-state index contributed by atoms with van der Waals surface area (Å²) in [6, 6.07) is 12.9. The topological polar surface area (TPSA) is 223 Å². The van der Waals surface area contributed by atoms with Crippen molar-refractivity contribution in [2.24, 2.45) is 15.7 Å². The van der Waals surface area contributed by atoms with Gasteiger partial charge in [0.1, 0.15) is 47.1 Å². The van der Waals surface area contributed by atoms with Gasteiger partial charge in [-0.2, -0.15) is 0 Å². The molecule has 0 aliphatic rings. The van der Waals surface area contributed by atoms with Gasteiger partial charge in [-0.15, -0.1) is 9.98 Å². The summed E-state index contributed by atoms with van der Waals surface area (Å²) in [5.41, 5.74) is 5.19. The van der Waals surface area contributed by atoms with Gasteiger partial charge in [-0.05, 0) is 118 Å². The largest absolute Gasteiger partial charge is 0.492 e. The van der Waals surface area contributed by atoms with Crippen LogP contribution in [0.3, 0.4) is 0 Å². The molecule has 0 spiro atoms. The summed E-state index contributed by atoms with van der Waals surface area (Å²) < 4.78 is 33.2. The van der Waals surface area contributed by atoms with Crippen molar-refractivity contribution in [1.82, 2.24) is 21.3 Å². The van der Waals surface area contributed by atoms with Gasteiger partial charge in [0, 0.05) is 12.1 Å². The van der Waals surface area contributed by atoms with Gasteiger partial charge in [0.05, 0.1) is 13.1 Å². The molecule has 17 nitrogen and oxygen atoms in total. The number of rotatable bonds is 10. The smallest absolute Gasteiger partial charge is 0.437 e. The van der Waals surface area contributed by atoms with Crippen molar-refractivity contribution in [2.45, 2.75) is 112 Å². The lowest BCUT2D eigenvalue weighted by Gasteiger charge is -2.21. The maximum atomic E-state index is 12.4. The van der Waals surface area contributed by atoms with Crippen LogP contribution >= 0.6 is 0 Å². The predicted octanol–water partition coefficient (Wildman–Crippen LogP) is 6.38. The Labute approximate surface area is 329 Å². The summed E-state index contributed by atoms with van der Waals surface area (Å²) in [6.07, 6.45) is -3.41. The standard InChI is InChI=1S/C39H59N7O10/c1-36(2,3)53-32(47)43-30(44-33(48)54-37(4,5)6)41-18-20-51-27-15-13-14-26(23-27)28-22-25(24-40)16-17-29(28)52-21-19-42-31(45-34(49)55-38(7,8)9)46-35(50)56-39(10,11)12/h13-17,22-23H,18-21,24,40H2,1-12H3,(H2,41,43,44,47,48)(H2,42,45,46,49,50). The molecule has 0 saturated carbocycles. The van der Waals surface area contributed by atoms with Crippen molar-refractivity contribution in [2.75, 3.05) is 26.3 Å². The zero-order valence-corrected chi connectivity index (χ0v) is 34.6. The Balaban J connectivity index is 2.16. The Morgan fingerprint density at radius 1 is 0.607 bits per heavy atom. The molecule has 0 aromatic heterocycles. The summed E-state index contributed by atoms with van der Waals surface area (Å²) in [4.78, 5) is 57.3. The van der Waals surface area contributed by atoms with Gasteiger partial charge >= 0.3 is 24.4 Å². The normalized spacial score (nSPS) is 12.5. The second-order valence-corrected chi connectivity index (χ2v) is 16.2. The maximum absolute atomic E-state index is 12.4. The molecule has 0 fully saturated rings. The van der Waals surface area contributed by atoms with Gasteiger partial charge in [0.2, 0.25) is 11.9 Å². The summed E-state index contributed by atoms with van der Waals surface area (Å²) in [7, 11) is 0. The van der Waals surface area contributed by atoms with Crippen molar-refractivity contribution in [3.8, 4) is 22.6 Å². The Kier molecular flexibility index (Phi) is 16.9. The molecule has 0 atom stereocenters. The monoisotopic (exact) mass is 785 g/mol. The lowest BCUT2D eigenvalue weighted by Crippen LogP contribution is -2.45. The van der Waals surface area contributed by atoms with Crippen LogP contribution in [0.4, 0.5) is 19.2 Å². The average molecular weight is 786 g/mol. The van der Waals surface area contributed by atoms with Crippen LogP contribution in [-0.4, -0.2) is 85.0 Å². The predicted molar refractivity (Wildman–Crippen MR) is 213 cm³/mol. The Bertz CT molecular complexity index is 1720. The highest BCUT2D eigenvalue weighted by atomic mass is 16.6. The van der Waals surface area contributed by atoms with Crippen LogP contribution in [0.1, 0.15) is 88.6 Å². The summed E-state index contributed by atoms with van der Waals surface area (Å²) in [5.74, 6) is 0.727. The van der Waals surface area contributed by atoms with Crippen molar-refractivity contribution < 1.29 is 47.6 Å². The number of benzene rings is 2. The second-order valence-electron chi connectivity index (χ2n) is 16.2. The molecule has 0 aliphatic heterocycles. The molecule has 2 aromatic carbocycles. The van der Waals surface area contributed by atoms with Crippen molar-refractivity contribution in [1.29, 1.82) is 0 Å². The van der Waals surface area contributed by atoms with E-state index < -0.39 is 46.8 Å². The van der Waals surface area contributed by atoms with Crippen LogP contribution in [0.5, 0.6) is 11.5 Å². The van der Waals surface area contributed by atoms with E-state index in [1.54, 1.807) is 95.2 Å². The van der Waals surface area contributed by atoms with E-state index in [0.717, 1.165) is 16.7 Å². The number of nitrogens with zero attached hydrogens (tertiary/aromatic N) is 2. The van der Waals surface area contributed by atoms with Crippen LogP contribution in [-0.2, 0) is 25.5 Å². The maximum Gasteiger partial charge on any atom is 0.437 e. The van der Waals surface area contributed by atoms with Crippen molar-refractivity contribution in [3.05, 3.63) is 48.0 Å². The molecule has 310 valence electrons. The number of amides is 4. The fourth-order valence-electron chi connectivity index (χ4n) is 4.25. The molecule has 0 radical (unpaired) electrons. The molecule has 4 amide bonds. The molecular formula is C39H59N7O10. The summed E-state index contributed by atoms with van der Waals surface area (Å²) in [5, 5.41) is 10.7. The lowest BCUT2D eigenvalue weighted by atomic mass is 10.0. The first kappa shape index (κ1) is 46.6. The highest BCUT2D eigenvalue weighted by Crippen LogP contribution is 2.33. The SMILES string of the molecule is CC(C)(C)OC(=O)/N=C(/NCCOc1cccc(-c2cc(CN)ccc2OCCN/C(=N/C(=O)OC(C)(C)C)NC(=O)OC(C)(C)C)c1)NC(=O)OC(C)(C)C. The Hall–Kier alpha value is -5.58. The molecule has 56 heavy (non-hydrogen) atoms. The number of carbonyl (C=O) groups excluding carboxylic acids is 4. The quantitative estimate of drug-likeness (QED) is 0.0764. The Morgan fingerprint density at radius 3 is 1.52 bits per heavy atom. The number of alkyl carbamates (subject to hydrolysis) is 2. The zero-order valence-electron chi connectivity index (χ0n) is 34.6. The van der Waals surface area contributed by atoms with Crippen LogP contribution < -0.4 is 36.5 Å². The number of aliphatic imine (C=N–C) groups is 2. The van der Waals surface area contributed by atoms with E-state index in [4.69, 9.17) is 34.2 Å². The van der Waals surface area contributed by atoms with Gasteiger partial charge in [0.25, 0.3) is 0 Å². The molecule has 0 unspecified atom stereocenters. The number of guanidine groups is 2. The minimum atomic E-state index is -0.902. The van der Waals surface area contributed by atoms with Gasteiger partial charge in [-0.25, -0.2) is 19.2 Å². The highest BCUT2D eigenvalue weighted by Gasteiger charge is 2.22. The molecule has 6 N–H and O–H groups in total. The van der Waals surface area contributed by atoms with E-state index in [2.05, 4.69) is 31.3 Å². The van der Waals surface area contributed by atoms with Crippen LogP contribution in [0.2, 0.25) is 0 Å². The minimum absolute atomic E-state index is 0.102. The molecule has 0 aliphatic carbocycles. The van der Waals surface area contributed by atoms with Gasteiger partial charge < -0.3 is 44.8 Å². The van der Waals surface area contributed by atoms with Gasteiger partial charge in [-0.3, -0.25) is 10.6 Å². The number of nitrogens with one attached hydrogen (secondary N) is 4. The molecule has 2 aromatic rings. The summed E-state index contributed by atoms with van der Waals surface area (Å²) in [6.45, 7) is 21.2. The van der Waals surface area contributed by atoms with E-state index in [-0.39, 0.29) is 38.2 Å². The van der Waals surface area contributed by atoms with Crippen LogP contribution in [0.15, 0.2) is 52.4 Å². The third-order valence-electron chi connectivity index (χ3n) is 6.17. The molecule has 0 saturated heterocycles. The molecule has 0 bridgehead atoms. The Morgan fingerprint density at radius 2 is 1.07 bits per heavy atom. The van der Waals surface area contributed by atoms with Crippen LogP contribution in [0, 0.1) is 0 Å². The lowest BCUT2D eigenvalue weighted by molar-refractivity contribution is 0.0542. The number of hydrogen-bond acceptors (Lipinski definition) is 11. The first-order chi connectivity index (χ1) is 25.8. The number of nitrogens with two attached hydrogens (primary N) is 1. The molecule has 0 heterocycles. The number of ether oxygens (including phenoxy) is 6. The third-order valence-corrected chi connectivity index (χ3v) is 6.17. The van der Waals surface area contributed by atoms with E-state index in [1.165, 1.54) is 0 Å². The third kappa shape index (κ3) is 20.2. The molecule has 17 heteroatoms. The van der Waals surface area contributed by atoms with E-state index in [0.29, 0.717) is 18.0 Å². The second kappa shape index (κ2) is 20.4. The van der Waals surface area contributed by atoms with Crippen LogP contribution in [0.25, 0.3) is 11.1 Å². The van der Waals surface area contributed by atoms with E-state index in [9.17, 15) is 19.2 Å². The highest BCUT2D eigenvalue weighted by molar-refractivity contribution is 5.99. The van der Waals surface area contributed by atoms with E-state index in [1.807, 2.05) is 30.3 Å². The van der Waals surface area contributed by atoms with E-state index >= 15 is 0 Å². The van der Waals surface area contributed by atoms with Gasteiger partial charge in [-0.1, -0.05) is 18.2 Å².